The summed E-state index contributed by atoms with van der Waals surface area (Å²) in [5, 5.41) is 2.56. The summed E-state index contributed by atoms with van der Waals surface area (Å²) in [7, 11) is 0. The number of rotatable bonds is 1. The van der Waals surface area contributed by atoms with E-state index in [0.717, 1.165) is 0 Å². The zero-order valence-corrected chi connectivity index (χ0v) is 11.1. The number of hydrogen-bond acceptors (Lipinski definition) is 3. The zero-order chi connectivity index (χ0) is 16.1. The number of nitrogens with two attached hydrogens (primary N) is 2. The van der Waals surface area contributed by atoms with E-state index in [1.807, 2.05) is 0 Å². The molecule has 1 aliphatic rings. The molecule has 0 saturated heterocycles. The van der Waals surface area contributed by atoms with E-state index in [2.05, 4.69) is 5.32 Å². The number of halogens is 4. The second-order valence-corrected chi connectivity index (χ2v) is 4.94. The van der Waals surface area contributed by atoms with Gasteiger partial charge in [-0.05, 0) is 18.3 Å². The molecule has 0 bridgehead atoms. The highest BCUT2D eigenvalue weighted by atomic mass is 19.2. The van der Waals surface area contributed by atoms with Crippen LogP contribution in [0.25, 0.3) is 6.08 Å². The van der Waals surface area contributed by atoms with Crippen molar-refractivity contribution in [2.24, 2.45) is 5.73 Å². The maximum Gasteiger partial charge on any atom is 0.169 e. The Morgan fingerprint density at radius 1 is 1.00 bits per heavy atom. The number of fused-ring (bicyclic) bond motifs is 1. The Labute approximate surface area is 123 Å². The summed E-state index contributed by atoms with van der Waals surface area (Å²) >= 11 is 0. The SMILES string of the molecule is Nc1cccc2c1C=CNC2(N)c1c(F)c(F)cc(F)c1F. The second-order valence-electron chi connectivity index (χ2n) is 4.94. The average Bonchev–Trinajstić information content (AvgIpc) is 2.47. The van der Waals surface area contributed by atoms with Crippen molar-refractivity contribution in [1.82, 2.24) is 5.32 Å². The lowest BCUT2D eigenvalue weighted by atomic mass is 9.85. The molecule has 22 heavy (non-hydrogen) atoms. The standard InChI is InChI=1S/C15H11F4N3/c16-9-6-10(17)14(19)12(13(9)18)15(21)8-2-1-3-11(20)7(8)4-5-22-15/h1-6,22H,20-21H2. The molecule has 1 unspecified atom stereocenters. The van der Waals surface area contributed by atoms with Gasteiger partial charge in [0.15, 0.2) is 23.3 Å². The minimum absolute atomic E-state index is 0.135. The Morgan fingerprint density at radius 3 is 2.27 bits per heavy atom. The van der Waals surface area contributed by atoms with Crippen molar-refractivity contribution in [3.63, 3.8) is 0 Å². The van der Waals surface area contributed by atoms with Crippen LogP contribution in [0.15, 0.2) is 30.5 Å². The van der Waals surface area contributed by atoms with Crippen LogP contribution in [-0.2, 0) is 5.66 Å². The molecule has 1 atom stereocenters. The van der Waals surface area contributed by atoms with Crippen molar-refractivity contribution < 1.29 is 17.6 Å². The van der Waals surface area contributed by atoms with Crippen LogP contribution in [-0.4, -0.2) is 0 Å². The second kappa shape index (κ2) is 4.74. The number of hydrogen-bond donors (Lipinski definition) is 3. The molecule has 0 saturated carbocycles. The first kappa shape index (κ1) is 14.4. The molecule has 7 heteroatoms. The highest BCUT2D eigenvalue weighted by Gasteiger charge is 2.40. The fraction of sp³-hybridized carbons (Fsp3) is 0.0667. The van der Waals surface area contributed by atoms with Gasteiger partial charge in [0.1, 0.15) is 5.66 Å². The van der Waals surface area contributed by atoms with Crippen LogP contribution < -0.4 is 16.8 Å². The van der Waals surface area contributed by atoms with Gasteiger partial charge >= 0.3 is 0 Å². The molecule has 0 aromatic heterocycles. The van der Waals surface area contributed by atoms with Crippen molar-refractivity contribution in [3.8, 4) is 0 Å². The van der Waals surface area contributed by atoms with Gasteiger partial charge in [0.05, 0.1) is 5.56 Å². The van der Waals surface area contributed by atoms with Crippen LogP contribution in [0.5, 0.6) is 0 Å². The summed E-state index contributed by atoms with van der Waals surface area (Å²) in [6.07, 6.45) is 2.88. The Bertz CT molecular complexity index is 778. The maximum absolute atomic E-state index is 14.1. The Kier molecular flexibility index (Phi) is 3.10. The largest absolute Gasteiger partial charge is 0.398 e. The van der Waals surface area contributed by atoms with Crippen LogP contribution in [0.3, 0.4) is 0 Å². The van der Waals surface area contributed by atoms with Gasteiger partial charge in [0.2, 0.25) is 0 Å². The molecule has 0 radical (unpaired) electrons. The van der Waals surface area contributed by atoms with Gasteiger partial charge in [-0.1, -0.05) is 12.1 Å². The van der Waals surface area contributed by atoms with Crippen molar-refractivity contribution >= 4 is 11.8 Å². The van der Waals surface area contributed by atoms with E-state index in [1.165, 1.54) is 18.3 Å². The average molecular weight is 309 g/mol. The topological polar surface area (TPSA) is 64.1 Å². The fourth-order valence-corrected chi connectivity index (χ4v) is 2.57. The minimum atomic E-state index is -1.99. The quantitative estimate of drug-likeness (QED) is 0.431. The Hall–Kier alpha value is -2.54. The van der Waals surface area contributed by atoms with E-state index >= 15 is 0 Å². The van der Waals surface area contributed by atoms with Crippen molar-refractivity contribution in [1.29, 1.82) is 0 Å². The molecule has 0 amide bonds. The molecular weight excluding hydrogens is 298 g/mol. The molecule has 3 nitrogen and oxygen atoms in total. The molecule has 2 aromatic carbocycles. The molecule has 2 aromatic rings. The van der Waals surface area contributed by atoms with Gasteiger partial charge in [0, 0.05) is 22.9 Å². The van der Waals surface area contributed by atoms with Crippen molar-refractivity contribution in [3.05, 3.63) is 70.4 Å². The number of anilines is 1. The maximum atomic E-state index is 14.1. The summed E-state index contributed by atoms with van der Waals surface area (Å²) in [5.41, 5.74) is 9.89. The highest BCUT2D eigenvalue weighted by Crippen LogP contribution is 2.37. The van der Waals surface area contributed by atoms with Crippen LogP contribution in [0.4, 0.5) is 23.2 Å². The van der Waals surface area contributed by atoms with Gasteiger partial charge < -0.3 is 16.8 Å². The van der Waals surface area contributed by atoms with Gasteiger partial charge in [-0.2, -0.15) is 0 Å². The Morgan fingerprint density at radius 2 is 1.64 bits per heavy atom. The first-order valence-electron chi connectivity index (χ1n) is 6.32. The first-order chi connectivity index (χ1) is 10.4. The summed E-state index contributed by atoms with van der Waals surface area (Å²) < 4.78 is 55.2. The van der Waals surface area contributed by atoms with Crippen LogP contribution >= 0.6 is 0 Å². The van der Waals surface area contributed by atoms with Crippen LogP contribution in [0.2, 0.25) is 0 Å². The van der Waals surface area contributed by atoms with E-state index in [-0.39, 0.29) is 11.6 Å². The summed E-state index contributed by atoms with van der Waals surface area (Å²) in [6.45, 7) is 0. The highest BCUT2D eigenvalue weighted by molar-refractivity contribution is 5.71. The minimum Gasteiger partial charge on any atom is -0.398 e. The molecule has 1 aliphatic heterocycles. The molecule has 0 aliphatic carbocycles. The van der Waals surface area contributed by atoms with E-state index in [4.69, 9.17) is 11.5 Å². The third-order valence-electron chi connectivity index (χ3n) is 3.63. The molecular formula is C15H11F4N3. The van der Waals surface area contributed by atoms with E-state index in [0.29, 0.717) is 11.3 Å². The normalized spacial score (nSPS) is 19.7. The monoisotopic (exact) mass is 309 g/mol. The summed E-state index contributed by atoms with van der Waals surface area (Å²) in [6, 6.07) is 4.72. The fourth-order valence-electron chi connectivity index (χ4n) is 2.57. The van der Waals surface area contributed by atoms with Gasteiger partial charge in [-0.15, -0.1) is 0 Å². The summed E-state index contributed by atoms with van der Waals surface area (Å²) in [5.74, 6) is -6.17. The van der Waals surface area contributed by atoms with Crippen LogP contribution in [0, 0.1) is 23.3 Å². The smallest absolute Gasteiger partial charge is 0.169 e. The molecule has 0 spiro atoms. The van der Waals surface area contributed by atoms with E-state index < -0.39 is 34.5 Å². The third-order valence-corrected chi connectivity index (χ3v) is 3.63. The van der Waals surface area contributed by atoms with E-state index in [9.17, 15) is 17.6 Å². The number of nitrogens with one attached hydrogen (secondary N) is 1. The predicted octanol–water partition coefficient (Wildman–Crippen LogP) is 2.56. The molecule has 5 N–H and O–H groups in total. The van der Waals surface area contributed by atoms with Crippen molar-refractivity contribution in [2.75, 3.05) is 5.73 Å². The molecule has 114 valence electrons. The first-order valence-corrected chi connectivity index (χ1v) is 6.32. The van der Waals surface area contributed by atoms with Gasteiger partial charge in [-0.25, -0.2) is 17.6 Å². The Balaban J connectivity index is 2.35. The molecule has 1 heterocycles. The van der Waals surface area contributed by atoms with E-state index in [1.54, 1.807) is 12.1 Å². The third kappa shape index (κ3) is 1.86. The lowest BCUT2D eigenvalue weighted by Crippen LogP contribution is -2.52. The lowest BCUT2D eigenvalue weighted by Gasteiger charge is -2.35. The summed E-state index contributed by atoms with van der Waals surface area (Å²) in [4.78, 5) is 0. The molecule has 0 fully saturated rings. The lowest BCUT2D eigenvalue weighted by molar-refractivity contribution is 0.374. The number of benzene rings is 2. The zero-order valence-electron chi connectivity index (χ0n) is 11.1. The number of nitrogen functional groups attached to an aromatic ring is 1. The predicted molar refractivity (Wildman–Crippen MR) is 74.3 cm³/mol. The van der Waals surface area contributed by atoms with Crippen LogP contribution in [0.1, 0.15) is 16.7 Å². The van der Waals surface area contributed by atoms with Gasteiger partial charge in [-0.3, -0.25) is 0 Å². The molecule has 3 rings (SSSR count). The van der Waals surface area contributed by atoms with Crippen molar-refractivity contribution in [2.45, 2.75) is 5.66 Å². The van der Waals surface area contributed by atoms with Gasteiger partial charge in [0.25, 0.3) is 0 Å².